The molecule has 1 fully saturated rings. The van der Waals surface area contributed by atoms with Gasteiger partial charge in [0, 0.05) is 36.9 Å². The average molecular weight is 361 g/mol. The zero-order valence-corrected chi connectivity index (χ0v) is 15.4. The number of benzene rings is 2. The van der Waals surface area contributed by atoms with Crippen LogP contribution in [0.25, 0.3) is 0 Å². The molecule has 0 aromatic heterocycles. The monoisotopic (exact) mass is 361 g/mol. The van der Waals surface area contributed by atoms with Crippen molar-refractivity contribution in [1.82, 2.24) is 5.32 Å². The summed E-state index contributed by atoms with van der Waals surface area (Å²) in [4.78, 5) is 14.8. The van der Waals surface area contributed by atoms with Crippen LogP contribution in [-0.4, -0.2) is 43.5 Å². The van der Waals surface area contributed by atoms with Gasteiger partial charge in [-0.3, -0.25) is 4.79 Å². The molecule has 0 bridgehead atoms. The summed E-state index contributed by atoms with van der Waals surface area (Å²) in [5.41, 5.74) is 4.21. The number of amides is 1. The number of carbonyl (C=O) groups is 1. The van der Waals surface area contributed by atoms with Gasteiger partial charge in [0.2, 0.25) is 0 Å². The standard InChI is InChI=1S/C21H23N5O/c1-22-17-11-12-26(14-17)18-9-7-16(8-10-18)23-21(27)20-13-19(24-25-20)15-5-3-2-4-6-15/h2-10,17,22H,11-14H2,1H3,(H,23,27). The second kappa shape index (κ2) is 7.72. The summed E-state index contributed by atoms with van der Waals surface area (Å²) >= 11 is 0. The van der Waals surface area contributed by atoms with E-state index < -0.39 is 0 Å². The van der Waals surface area contributed by atoms with E-state index in [4.69, 9.17) is 0 Å². The quantitative estimate of drug-likeness (QED) is 0.860. The zero-order valence-electron chi connectivity index (χ0n) is 15.4. The Morgan fingerprint density at radius 1 is 1.07 bits per heavy atom. The predicted molar refractivity (Wildman–Crippen MR) is 110 cm³/mol. The minimum atomic E-state index is -0.200. The largest absolute Gasteiger partial charge is 0.370 e. The molecule has 0 aliphatic carbocycles. The van der Waals surface area contributed by atoms with Gasteiger partial charge in [0.15, 0.2) is 0 Å². The summed E-state index contributed by atoms with van der Waals surface area (Å²) < 4.78 is 0. The van der Waals surface area contributed by atoms with E-state index in [1.54, 1.807) is 0 Å². The molecule has 2 aromatic carbocycles. The molecule has 27 heavy (non-hydrogen) atoms. The molecule has 1 saturated heterocycles. The topological polar surface area (TPSA) is 69.1 Å². The van der Waals surface area contributed by atoms with Crippen LogP contribution in [0.3, 0.4) is 0 Å². The molecule has 138 valence electrons. The Morgan fingerprint density at radius 2 is 1.85 bits per heavy atom. The Morgan fingerprint density at radius 3 is 2.56 bits per heavy atom. The van der Waals surface area contributed by atoms with E-state index in [9.17, 15) is 4.79 Å². The van der Waals surface area contributed by atoms with Crippen molar-refractivity contribution in [2.24, 2.45) is 10.2 Å². The van der Waals surface area contributed by atoms with Crippen molar-refractivity contribution in [2.45, 2.75) is 18.9 Å². The first-order valence-corrected chi connectivity index (χ1v) is 9.25. The van der Waals surface area contributed by atoms with Crippen molar-refractivity contribution >= 4 is 28.7 Å². The lowest BCUT2D eigenvalue weighted by atomic mass is 10.1. The molecule has 0 spiro atoms. The number of nitrogens with zero attached hydrogens (tertiary/aromatic N) is 3. The number of hydrogen-bond donors (Lipinski definition) is 2. The predicted octanol–water partition coefficient (Wildman–Crippen LogP) is 2.67. The Kier molecular flexibility index (Phi) is 4.98. The van der Waals surface area contributed by atoms with Gasteiger partial charge in [-0.1, -0.05) is 30.3 Å². The van der Waals surface area contributed by atoms with Gasteiger partial charge in [-0.15, -0.1) is 5.10 Å². The highest BCUT2D eigenvalue weighted by atomic mass is 16.2. The third-order valence-corrected chi connectivity index (χ3v) is 5.08. The number of rotatable bonds is 5. The normalized spacial score (nSPS) is 19.0. The maximum absolute atomic E-state index is 12.5. The second-order valence-electron chi connectivity index (χ2n) is 6.86. The first kappa shape index (κ1) is 17.4. The summed E-state index contributed by atoms with van der Waals surface area (Å²) in [6.07, 6.45) is 1.60. The fraction of sp³-hybridized carbons (Fsp3) is 0.286. The number of likely N-dealkylation sites (N-methyl/N-ethyl adjacent to an activating group) is 1. The van der Waals surface area contributed by atoms with Crippen LogP contribution in [0, 0.1) is 0 Å². The van der Waals surface area contributed by atoms with Gasteiger partial charge in [-0.25, -0.2) is 0 Å². The van der Waals surface area contributed by atoms with Crippen LogP contribution in [0.2, 0.25) is 0 Å². The molecule has 2 N–H and O–H groups in total. The molecule has 2 aromatic rings. The molecular weight excluding hydrogens is 338 g/mol. The molecule has 4 rings (SSSR count). The molecule has 0 saturated carbocycles. The van der Waals surface area contributed by atoms with E-state index in [1.165, 1.54) is 5.69 Å². The van der Waals surface area contributed by atoms with Gasteiger partial charge in [-0.05, 0) is 43.3 Å². The number of anilines is 2. The molecule has 1 atom stereocenters. The lowest BCUT2D eigenvalue weighted by molar-refractivity contribution is -0.110. The van der Waals surface area contributed by atoms with Gasteiger partial charge in [0.05, 0.1) is 5.71 Å². The van der Waals surface area contributed by atoms with Crippen LogP contribution in [0.15, 0.2) is 64.8 Å². The highest BCUT2D eigenvalue weighted by Gasteiger charge is 2.22. The van der Waals surface area contributed by atoms with E-state index in [0.717, 1.165) is 36.5 Å². The molecule has 1 unspecified atom stereocenters. The van der Waals surface area contributed by atoms with Crippen LogP contribution in [-0.2, 0) is 4.79 Å². The van der Waals surface area contributed by atoms with Gasteiger partial charge in [-0.2, -0.15) is 5.10 Å². The fourth-order valence-electron chi connectivity index (χ4n) is 3.46. The third-order valence-electron chi connectivity index (χ3n) is 5.08. The highest BCUT2D eigenvalue weighted by molar-refractivity contribution is 6.47. The van der Waals surface area contributed by atoms with Crippen LogP contribution in [0.1, 0.15) is 18.4 Å². The van der Waals surface area contributed by atoms with Crippen molar-refractivity contribution < 1.29 is 4.79 Å². The minimum Gasteiger partial charge on any atom is -0.370 e. The van der Waals surface area contributed by atoms with Crippen LogP contribution in [0.5, 0.6) is 0 Å². The van der Waals surface area contributed by atoms with Crippen LogP contribution in [0.4, 0.5) is 11.4 Å². The first-order valence-electron chi connectivity index (χ1n) is 9.25. The first-order chi connectivity index (χ1) is 13.2. The van der Waals surface area contributed by atoms with E-state index in [-0.39, 0.29) is 5.91 Å². The summed E-state index contributed by atoms with van der Waals surface area (Å²) in [5, 5.41) is 14.5. The van der Waals surface area contributed by atoms with Crippen molar-refractivity contribution in [3.05, 3.63) is 60.2 Å². The van der Waals surface area contributed by atoms with Crippen LogP contribution < -0.4 is 15.5 Å². The molecular formula is C21H23N5O. The molecule has 2 aliphatic heterocycles. The third kappa shape index (κ3) is 3.90. The van der Waals surface area contributed by atoms with E-state index >= 15 is 0 Å². The number of nitrogens with one attached hydrogen (secondary N) is 2. The summed E-state index contributed by atoms with van der Waals surface area (Å²) in [6, 6.07) is 18.3. The van der Waals surface area contributed by atoms with Crippen molar-refractivity contribution in [3.63, 3.8) is 0 Å². The minimum absolute atomic E-state index is 0.200. The molecule has 6 heteroatoms. The van der Waals surface area contributed by atoms with Crippen molar-refractivity contribution in [1.29, 1.82) is 0 Å². The van der Waals surface area contributed by atoms with Gasteiger partial charge < -0.3 is 15.5 Å². The zero-order chi connectivity index (χ0) is 18.6. The van der Waals surface area contributed by atoms with Crippen molar-refractivity contribution in [3.8, 4) is 0 Å². The Bertz CT molecular complexity index is 873. The Balaban J connectivity index is 1.34. The van der Waals surface area contributed by atoms with Crippen molar-refractivity contribution in [2.75, 3.05) is 30.4 Å². The Labute approximate surface area is 159 Å². The molecule has 2 heterocycles. The maximum Gasteiger partial charge on any atom is 0.272 e. The van der Waals surface area contributed by atoms with E-state index in [0.29, 0.717) is 18.2 Å². The van der Waals surface area contributed by atoms with Gasteiger partial charge >= 0.3 is 0 Å². The molecule has 6 nitrogen and oxygen atoms in total. The number of hydrogen-bond acceptors (Lipinski definition) is 5. The Hall–Kier alpha value is -2.99. The second-order valence-corrected chi connectivity index (χ2v) is 6.86. The lowest BCUT2D eigenvalue weighted by Gasteiger charge is -2.19. The SMILES string of the molecule is CNC1CCN(c2ccc(NC(=O)C3=NN=C(c4ccccc4)C3)cc2)C1. The lowest BCUT2D eigenvalue weighted by Crippen LogP contribution is -2.29. The van der Waals surface area contributed by atoms with Gasteiger partial charge in [0.1, 0.15) is 5.71 Å². The smallest absolute Gasteiger partial charge is 0.272 e. The summed E-state index contributed by atoms with van der Waals surface area (Å²) in [7, 11) is 2.01. The van der Waals surface area contributed by atoms with E-state index in [1.807, 2.05) is 49.5 Å². The molecule has 0 radical (unpaired) electrons. The fourth-order valence-corrected chi connectivity index (χ4v) is 3.46. The number of carbonyl (C=O) groups excluding carboxylic acids is 1. The van der Waals surface area contributed by atoms with Crippen LogP contribution >= 0.6 is 0 Å². The van der Waals surface area contributed by atoms with Gasteiger partial charge in [0.25, 0.3) is 5.91 Å². The highest BCUT2D eigenvalue weighted by Crippen LogP contribution is 2.22. The molecule has 2 aliphatic rings. The molecule has 1 amide bonds. The van der Waals surface area contributed by atoms with E-state index in [2.05, 4.69) is 37.9 Å². The maximum atomic E-state index is 12.5. The summed E-state index contributed by atoms with van der Waals surface area (Å²) in [5.74, 6) is -0.200. The average Bonchev–Trinajstić information content (AvgIpc) is 3.39. The summed E-state index contributed by atoms with van der Waals surface area (Å²) in [6.45, 7) is 2.06.